The Labute approximate surface area is 124 Å². The van der Waals surface area contributed by atoms with Gasteiger partial charge in [0.15, 0.2) is 0 Å². The molecule has 0 saturated heterocycles. The van der Waals surface area contributed by atoms with Crippen molar-refractivity contribution in [2.75, 3.05) is 10.6 Å². The predicted molar refractivity (Wildman–Crippen MR) is 83.4 cm³/mol. The van der Waals surface area contributed by atoms with Crippen molar-refractivity contribution in [1.82, 2.24) is 9.78 Å². The number of carbonyl (C=O) groups excluding carboxylic acids is 1. The summed E-state index contributed by atoms with van der Waals surface area (Å²) in [6, 6.07) is 10.0. The molecule has 1 amide bonds. The van der Waals surface area contributed by atoms with E-state index in [0.29, 0.717) is 0 Å². The minimum Gasteiger partial charge on any atom is -0.357 e. The zero-order valence-electron chi connectivity index (χ0n) is 12.4. The first-order valence-corrected chi connectivity index (χ1v) is 7.37. The number of anilines is 2. The molecule has 1 aliphatic heterocycles. The number of fused-ring (bicyclic) bond motifs is 1. The Bertz CT molecular complexity index is 648. The molecule has 1 aromatic heterocycles. The first-order chi connectivity index (χ1) is 10.2. The van der Waals surface area contributed by atoms with Crippen LogP contribution in [0.3, 0.4) is 0 Å². The third kappa shape index (κ3) is 2.63. The summed E-state index contributed by atoms with van der Waals surface area (Å²) >= 11 is 0. The summed E-state index contributed by atoms with van der Waals surface area (Å²) in [5.41, 5.74) is 2.92. The van der Waals surface area contributed by atoms with E-state index in [1.165, 1.54) is 5.56 Å². The van der Waals surface area contributed by atoms with Crippen molar-refractivity contribution in [3.8, 4) is 0 Å². The van der Waals surface area contributed by atoms with Gasteiger partial charge in [0, 0.05) is 6.54 Å². The van der Waals surface area contributed by atoms with Crippen molar-refractivity contribution in [2.45, 2.75) is 39.3 Å². The van der Waals surface area contributed by atoms with E-state index in [9.17, 15) is 4.79 Å². The highest BCUT2D eigenvalue weighted by Gasteiger charge is 2.29. The van der Waals surface area contributed by atoms with E-state index in [-0.39, 0.29) is 11.9 Å². The minimum absolute atomic E-state index is 0.0252. The predicted octanol–water partition coefficient (Wildman–Crippen LogP) is 2.58. The number of carbonyl (C=O) groups is 1. The Hall–Kier alpha value is -2.30. The van der Waals surface area contributed by atoms with Gasteiger partial charge in [-0.1, -0.05) is 30.3 Å². The van der Waals surface area contributed by atoms with E-state index in [0.717, 1.165) is 36.6 Å². The van der Waals surface area contributed by atoms with E-state index in [2.05, 4.69) is 27.9 Å². The lowest BCUT2D eigenvalue weighted by Crippen LogP contribution is -2.39. The third-order valence-electron chi connectivity index (χ3n) is 3.87. The molecular weight excluding hydrogens is 264 g/mol. The average molecular weight is 284 g/mol. The Balaban J connectivity index is 1.74. The van der Waals surface area contributed by atoms with Crippen LogP contribution in [0.1, 0.15) is 24.6 Å². The molecule has 0 radical (unpaired) electrons. The lowest BCUT2D eigenvalue weighted by Gasteiger charge is -2.25. The monoisotopic (exact) mass is 284 g/mol. The Morgan fingerprint density at radius 1 is 1.29 bits per heavy atom. The minimum atomic E-state index is -0.209. The lowest BCUT2D eigenvalue weighted by molar-refractivity contribution is -0.117. The zero-order valence-corrected chi connectivity index (χ0v) is 12.4. The van der Waals surface area contributed by atoms with Gasteiger partial charge < -0.3 is 10.6 Å². The normalized spacial score (nSPS) is 17.0. The summed E-state index contributed by atoms with van der Waals surface area (Å²) in [6.45, 7) is 4.74. The topological polar surface area (TPSA) is 59.0 Å². The fourth-order valence-corrected chi connectivity index (χ4v) is 2.71. The molecule has 3 rings (SSSR count). The van der Waals surface area contributed by atoms with Crippen LogP contribution in [0, 0.1) is 6.92 Å². The first kappa shape index (κ1) is 13.7. The summed E-state index contributed by atoms with van der Waals surface area (Å²) in [6.07, 6.45) is 1.64. The van der Waals surface area contributed by atoms with Crippen molar-refractivity contribution in [3.63, 3.8) is 0 Å². The van der Waals surface area contributed by atoms with Crippen molar-refractivity contribution in [3.05, 3.63) is 41.6 Å². The second-order valence-electron chi connectivity index (χ2n) is 5.34. The molecule has 0 spiro atoms. The molecule has 21 heavy (non-hydrogen) atoms. The van der Waals surface area contributed by atoms with Gasteiger partial charge in [-0.05, 0) is 32.3 Å². The highest BCUT2D eigenvalue weighted by molar-refractivity contribution is 6.02. The number of hydrogen-bond acceptors (Lipinski definition) is 3. The van der Waals surface area contributed by atoms with Crippen LogP contribution in [0.4, 0.5) is 11.5 Å². The summed E-state index contributed by atoms with van der Waals surface area (Å²) < 4.78 is 1.90. The highest BCUT2D eigenvalue weighted by atomic mass is 16.2. The van der Waals surface area contributed by atoms with E-state index < -0.39 is 0 Å². The van der Waals surface area contributed by atoms with Crippen LogP contribution in [0.25, 0.3) is 0 Å². The van der Waals surface area contributed by atoms with Crippen LogP contribution in [0.15, 0.2) is 30.3 Å². The third-order valence-corrected chi connectivity index (χ3v) is 3.87. The number of nitrogens with zero attached hydrogens (tertiary/aromatic N) is 2. The van der Waals surface area contributed by atoms with Gasteiger partial charge in [0.05, 0.1) is 5.69 Å². The first-order valence-electron chi connectivity index (χ1n) is 7.37. The number of hydrogen-bond donors (Lipinski definition) is 2. The molecule has 0 aliphatic carbocycles. The van der Waals surface area contributed by atoms with Crippen LogP contribution in [-0.4, -0.2) is 21.7 Å². The summed E-state index contributed by atoms with van der Waals surface area (Å²) in [4.78, 5) is 12.2. The molecule has 1 atom stereocenters. The maximum Gasteiger partial charge on any atom is 0.247 e. The van der Waals surface area contributed by atoms with Gasteiger partial charge in [-0.25, -0.2) is 4.68 Å². The molecule has 110 valence electrons. The van der Waals surface area contributed by atoms with E-state index in [1.54, 1.807) is 0 Å². The largest absolute Gasteiger partial charge is 0.357 e. The number of aryl methyl sites for hydroxylation is 3. The number of nitrogens with one attached hydrogen (secondary N) is 2. The van der Waals surface area contributed by atoms with Crippen LogP contribution >= 0.6 is 0 Å². The van der Waals surface area contributed by atoms with Gasteiger partial charge in [-0.2, -0.15) is 5.10 Å². The Kier molecular flexibility index (Phi) is 3.64. The molecule has 0 saturated carbocycles. The zero-order chi connectivity index (χ0) is 14.8. The Morgan fingerprint density at radius 3 is 2.76 bits per heavy atom. The van der Waals surface area contributed by atoms with Gasteiger partial charge in [-0.15, -0.1) is 0 Å². The fourth-order valence-electron chi connectivity index (χ4n) is 2.71. The second-order valence-corrected chi connectivity index (χ2v) is 5.34. The fraction of sp³-hybridized carbons (Fsp3) is 0.375. The average Bonchev–Trinajstić information content (AvgIpc) is 2.82. The summed E-state index contributed by atoms with van der Waals surface area (Å²) in [5, 5.41) is 10.8. The van der Waals surface area contributed by atoms with Crippen LogP contribution in [-0.2, 0) is 17.8 Å². The smallest absolute Gasteiger partial charge is 0.247 e. The van der Waals surface area contributed by atoms with Crippen molar-refractivity contribution in [1.29, 1.82) is 0 Å². The van der Waals surface area contributed by atoms with Crippen molar-refractivity contribution >= 4 is 17.4 Å². The lowest BCUT2D eigenvalue weighted by atomic mass is 10.0. The van der Waals surface area contributed by atoms with Crippen LogP contribution < -0.4 is 10.6 Å². The summed E-state index contributed by atoms with van der Waals surface area (Å²) in [5.74, 6) is 0.949. The SMILES string of the molecule is CCn1nc(C)c2c1NC(CCc1ccccc1)C(=O)N2. The molecule has 0 bridgehead atoms. The molecule has 1 aliphatic rings. The highest BCUT2D eigenvalue weighted by Crippen LogP contribution is 2.30. The molecule has 2 aromatic rings. The van der Waals surface area contributed by atoms with Gasteiger partial charge in [0.25, 0.3) is 0 Å². The molecule has 2 heterocycles. The molecular formula is C16H20N4O. The molecule has 2 N–H and O–H groups in total. The van der Waals surface area contributed by atoms with E-state index in [1.807, 2.05) is 36.7 Å². The van der Waals surface area contributed by atoms with Crippen LogP contribution in [0.2, 0.25) is 0 Å². The number of aromatic nitrogens is 2. The molecule has 5 nitrogen and oxygen atoms in total. The molecule has 1 unspecified atom stereocenters. The van der Waals surface area contributed by atoms with Gasteiger partial charge in [-0.3, -0.25) is 4.79 Å². The molecule has 0 fully saturated rings. The number of amides is 1. The van der Waals surface area contributed by atoms with Gasteiger partial charge >= 0.3 is 0 Å². The van der Waals surface area contributed by atoms with E-state index in [4.69, 9.17) is 0 Å². The van der Waals surface area contributed by atoms with Gasteiger partial charge in [0.2, 0.25) is 5.91 Å². The van der Waals surface area contributed by atoms with E-state index >= 15 is 0 Å². The van der Waals surface area contributed by atoms with Gasteiger partial charge in [0.1, 0.15) is 17.5 Å². The second kappa shape index (κ2) is 5.60. The molecule has 5 heteroatoms. The maximum absolute atomic E-state index is 12.2. The Morgan fingerprint density at radius 2 is 2.05 bits per heavy atom. The standard InChI is InChI=1S/C16H20N4O/c1-3-20-15-14(11(2)19-20)18-16(21)13(17-15)10-9-12-7-5-4-6-8-12/h4-8,13,17H,3,9-10H2,1-2H3,(H,18,21). The quantitative estimate of drug-likeness (QED) is 0.907. The number of rotatable bonds is 4. The number of benzene rings is 1. The molecule has 1 aromatic carbocycles. The summed E-state index contributed by atoms with van der Waals surface area (Å²) in [7, 11) is 0. The van der Waals surface area contributed by atoms with Crippen LogP contribution in [0.5, 0.6) is 0 Å². The van der Waals surface area contributed by atoms with Crippen molar-refractivity contribution < 1.29 is 4.79 Å². The van der Waals surface area contributed by atoms with Crippen molar-refractivity contribution in [2.24, 2.45) is 0 Å². The maximum atomic E-state index is 12.2.